The van der Waals surface area contributed by atoms with Gasteiger partial charge in [-0.2, -0.15) is 13.2 Å². The van der Waals surface area contributed by atoms with Gasteiger partial charge in [-0.3, -0.25) is 4.99 Å². The summed E-state index contributed by atoms with van der Waals surface area (Å²) in [6, 6.07) is 2.46. The zero-order valence-corrected chi connectivity index (χ0v) is 15.2. The number of aryl methyl sites for hydroxylation is 1. The second-order valence-electron chi connectivity index (χ2n) is 7.87. The molecule has 0 spiro atoms. The minimum atomic E-state index is -4.55. The van der Waals surface area contributed by atoms with Crippen molar-refractivity contribution in [3.8, 4) is 0 Å². The Kier molecular flexibility index (Phi) is 3.48. The van der Waals surface area contributed by atoms with Crippen molar-refractivity contribution in [2.75, 3.05) is 0 Å². The SMILES string of the molecule is Cc1c(C2C=N2)oc2c(C(F)(F)F)cc(B3OC(C)(C)C(C)(C)O3)cc12. The lowest BCUT2D eigenvalue weighted by molar-refractivity contribution is -0.136. The number of hydrogen-bond donors (Lipinski definition) is 0. The van der Waals surface area contributed by atoms with E-state index in [4.69, 9.17) is 13.7 Å². The summed E-state index contributed by atoms with van der Waals surface area (Å²) >= 11 is 0. The summed E-state index contributed by atoms with van der Waals surface area (Å²) in [6.45, 7) is 9.20. The van der Waals surface area contributed by atoms with E-state index < -0.39 is 30.1 Å². The highest BCUT2D eigenvalue weighted by Crippen LogP contribution is 2.42. The third-order valence-corrected chi connectivity index (χ3v) is 5.49. The van der Waals surface area contributed by atoms with E-state index in [0.717, 1.165) is 6.07 Å². The Hall–Kier alpha value is -1.80. The molecule has 1 aromatic carbocycles. The standard InChI is InChI=1S/C18H19BF3NO3/c1-9-11-6-10(19-25-16(2,3)17(4,5)26-19)7-12(18(20,21)22)15(11)24-14(9)13-8-23-13/h6-8,13H,1-5H3. The van der Waals surface area contributed by atoms with E-state index >= 15 is 0 Å². The largest absolute Gasteiger partial charge is 0.494 e. The van der Waals surface area contributed by atoms with Crippen molar-refractivity contribution in [3.63, 3.8) is 0 Å². The predicted molar refractivity (Wildman–Crippen MR) is 92.9 cm³/mol. The molecule has 8 heteroatoms. The first-order valence-corrected chi connectivity index (χ1v) is 8.44. The second kappa shape index (κ2) is 5.13. The molecular weight excluding hydrogens is 346 g/mol. The van der Waals surface area contributed by atoms with Gasteiger partial charge in [-0.1, -0.05) is 6.07 Å². The fourth-order valence-corrected chi connectivity index (χ4v) is 3.15. The molecule has 2 aliphatic heterocycles. The van der Waals surface area contributed by atoms with Crippen LogP contribution >= 0.6 is 0 Å². The number of hydrogen-bond acceptors (Lipinski definition) is 4. The highest BCUT2D eigenvalue weighted by molar-refractivity contribution is 6.62. The van der Waals surface area contributed by atoms with E-state index in [1.54, 1.807) is 19.2 Å². The summed E-state index contributed by atoms with van der Waals surface area (Å²) in [5.41, 5.74) is -1.27. The van der Waals surface area contributed by atoms with Gasteiger partial charge in [0.05, 0.1) is 16.8 Å². The third kappa shape index (κ3) is 2.58. The van der Waals surface area contributed by atoms with Crippen LogP contribution in [0.3, 0.4) is 0 Å². The predicted octanol–water partition coefficient (Wildman–Crippen LogP) is 4.18. The summed E-state index contributed by atoms with van der Waals surface area (Å²) < 4.78 is 58.4. The number of benzene rings is 1. The van der Waals surface area contributed by atoms with Crippen LogP contribution in [0.5, 0.6) is 0 Å². The summed E-state index contributed by atoms with van der Waals surface area (Å²) in [5, 5.41) is 0.412. The molecule has 4 rings (SSSR count). The molecule has 2 aromatic rings. The molecule has 0 bridgehead atoms. The summed E-state index contributed by atoms with van der Waals surface area (Å²) in [7, 11) is -0.875. The van der Waals surface area contributed by atoms with Gasteiger partial charge in [-0.05, 0) is 46.1 Å². The van der Waals surface area contributed by atoms with Crippen LogP contribution in [0.15, 0.2) is 21.5 Å². The van der Waals surface area contributed by atoms with Crippen LogP contribution in [0.4, 0.5) is 13.2 Å². The molecule has 0 aliphatic carbocycles. The molecule has 1 saturated heterocycles. The van der Waals surface area contributed by atoms with Crippen molar-refractivity contribution >= 4 is 29.8 Å². The summed E-state index contributed by atoms with van der Waals surface area (Å²) in [4.78, 5) is 4.01. The van der Waals surface area contributed by atoms with Crippen LogP contribution in [0.25, 0.3) is 11.0 Å². The first kappa shape index (κ1) is 17.6. The molecule has 1 fully saturated rings. The van der Waals surface area contributed by atoms with E-state index in [1.165, 1.54) is 0 Å². The Morgan fingerprint density at radius 2 is 1.65 bits per heavy atom. The van der Waals surface area contributed by atoms with Crippen LogP contribution in [0, 0.1) is 6.92 Å². The number of halogens is 3. The van der Waals surface area contributed by atoms with Crippen LogP contribution in [0.2, 0.25) is 0 Å². The molecule has 3 heterocycles. The van der Waals surface area contributed by atoms with E-state index in [-0.39, 0.29) is 11.6 Å². The van der Waals surface area contributed by atoms with Gasteiger partial charge >= 0.3 is 13.3 Å². The van der Waals surface area contributed by atoms with Gasteiger partial charge in [-0.15, -0.1) is 0 Å². The average molecular weight is 365 g/mol. The maximum atomic E-state index is 13.7. The third-order valence-electron chi connectivity index (χ3n) is 5.49. The zero-order valence-electron chi connectivity index (χ0n) is 15.2. The normalized spacial score (nSPS) is 23.8. The Morgan fingerprint density at radius 3 is 2.15 bits per heavy atom. The number of alkyl halides is 3. The minimum absolute atomic E-state index is 0.166. The second-order valence-corrected chi connectivity index (χ2v) is 7.87. The van der Waals surface area contributed by atoms with E-state index in [9.17, 15) is 13.2 Å². The van der Waals surface area contributed by atoms with Gasteiger partial charge in [0.25, 0.3) is 0 Å². The van der Waals surface area contributed by atoms with Gasteiger partial charge in [0, 0.05) is 17.2 Å². The minimum Gasteiger partial charge on any atom is -0.457 e. The van der Waals surface area contributed by atoms with Crippen molar-refractivity contribution in [1.29, 1.82) is 0 Å². The molecule has 1 unspecified atom stereocenters. The van der Waals surface area contributed by atoms with Crippen molar-refractivity contribution in [2.45, 2.75) is 58.0 Å². The molecule has 0 radical (unpaired) electrons. The molecule has 138 valence electrons. The molecule has 26 heavy (non-hydrogen) atoms. The molecule has 0 amide bonds. The van der Waals surface area contributed by atoms with Crippen molar-refractivity contribution < 1.29 is 26.9 Å². The smallest absolute Gasteiger partial charge is 0.457 e. The highest BCUT2D eigenvalue weighted by atomic mass is 19.4. The van der Waals surface area contributed by atoms with Crippen molar-refractivity contribution in [3.05, 3.63) is 29.0 Å². The van der Waals surface area contributed by atoms with Gasteiger partial charge in [0.1, 0.15) is 17.4 Å². The maximum Gasteiger partial charge on any atom is 0.494 e. The Morgan fingerprint density at radius 1 is 1.08 bits per heavy atom. The fraction of sp³-hybridized carbons (Fsp3) is 0.500. The molecule has 0 N–H and O–H groups in total. The monoisotopic (exact) mass is 365 g/mol. The first-order chi connectivity index (χ1) is 11.9. The quantitative estimate of drug-likeness (QED) is 0.750. The topological polar surface area (TPSA) is 44.0 Å². The fourth-order valence-electron chi connectivity index (χ4n) is 3.15. The van der Waals surface area contributed by atoms with E-state index in [0.29, 0.717) is 22.2 Å². The van der Waals surface area contributed by atoms with Crippen LogP contribution in [0.1, 0.15) is 50.6 Å². The Labute approximate surface area is 149 Å². The summed E-state index contributed by atoms with van der Waals surface area (Å²) in [6.07, 6.45) is -2.91. The van der Waals surface area contributed by atoms with E-state index in [1.807, 2.05) is 27.7 Å². The van der Waals surface area contributed by atoms with Gasteiger partial charge in [0.15, 0.2) is 0 Å². The van der Waals surface area contributed by atoms with Crippen molar-refractivity contribution in [1.82, 2.24) is 0 Å². The molecule has 1 atom stereocenters. The molecule has 4 nitrogen and oxygen atoms in total. The maximum absolute atomic E-state index is 13.7. The first-order valence-electron chi connectivity index (χ1n) is 8.44. The number of aliphatic imine (C=N–C) groups is 1. The number of fused-ring (bicyclic) bond motifs is 1. The zero-order chi connectivity index (χ0) is 19.1. The number of furan rings is 1. The molecule has 0 saturated carbocycles. The van der Waals surface area contributed by atoms with Crippen LogP contribution < -0.4 is 5.46 Å². The average Bonchev–Trinajstić information content (AvgIpc) is 3.24. The van der Waals surface area contributed by atoms with Gasteiger partial charge in [-0.25, -0.2) is 0 Å². The number of rotatable bonds is 2. The number of nitrogens with zero attached hydrogens (tertiary/aromatic N) is 1. The Bertz CT molecular complexity index is 908. The lowest BCUT2D eigenvalue weighted by atomic mass is 9.77. The molecular formula is C18H19BF3NO3. The summed E-state index contributed by atoms with van der Waals surface area (Å²) in [5.74, 6) is 0.455. The molecule has 1 aromatic heterocycles. The van der Waals surface area contributed by atoms with Gasteiger partial charge in [0.2, 0.25) is 0 Å². The Balaban J connectivity index is 1.88. The van der Waals surface area contributed by atoms with Gasteiger partial charge < -0.3 is 13.7 Å². The van der Waals surface area contributed by atoms with E-state index in [2.05, 4.69) is 4.99 Å². The van der Waals surface area contributed by atoms with Crippen LogP contribution in [-0.2, 0) is 15.5 Å². The lowest BCUT2D eigenvalue weighted by Gasteiger charge is -2.32. The highest BCUT2D eigenvalue weighted by Gasteiger charge is 2.52. The molecule has 2 aliphatic rings. The lowest BCUT2D eigenvalue weighted by Crippen LogP contribution is -2.41. The van der Waals surface area contributed by atoms with Crippen LogP contribution in [-0.4, -0.2) is 24.5 Å². The van der Waals surface area contributed by atoms with Crippen molar-refractivity contribution in [2.24, 2.45) is 4.99 Å².